The Morgan fingerprint density at radius 3 is 2.33 bits per heavy atom. The zero-order chi connectivity index (χ0) is 17.5. The molecule has 0 atom stereocenters. The Labute approximate surface area is 138 Å². The first-order chi connectivity index (χ1) is 11.3. The number of alkyl halides is 3. The highest BCUT2D eigenvalue weighted by molar-refractivity contribution is 6.32. The number of ether oxygens (including phenoxy) is 1. The zero-order valence-electron chi connectivity index (χ0n) is 11.9. The standard InChI is InChI=1S/C17H9ClF4O2/c18-12-7-10(17(20,21)22)8-13(19)16(12)24-15-11-4-2-1-3-9(11)5-6-14(15)23/h1-8,23H. The number of fused-ring (bicyclic) bond motifs is 1. The summed E-state index contributed by atoms with van der Waals surface area (Å²) in [6, 6.07) is 10.6. The van der Waals surface area contributed by atoms with E-state index in [9.17, 15) is 22.7 Å². The van der Waals surface area contributed by atoms with Crippen molar-refractivity contribution in [3.63, 3.8) is 0 Å². The Kier molecular flexibility index (Phi) is 4.01. The number of phenols is 1. The second-order valence-electron chi connectivity index (χ2n) is 5.00. The molecule has 0 aliphatic carbocycles. The van der Waals surface area contributed by atoms with Crippen LogP contribution >= 0.6 is 11.6 Å². The molecule has 0 unspecified atom stereocenters. The Morgan fingerprint density at radius 2 is 1.67 bits per heavy atom. The Balaban J connectivity index is 2.12. The molecule has 3 rings (SSSR count). The third-order valence-electron chi connectivity index (χ3n) is 3.39. The first-order valence-corrected chi connectivity index (χ1v) is 7.10. The quantitative estimate of drug-likeness (QED) is 0.558. The molecule has 0 radical (unpaired) electrons. The van der Waals surface area contributed by atoms with E-state index in [1.165, 1.54) is 6.07 Å². The third-order valence-corrected chi connectivity index (χ3v) is 3.67. The molecule has 0 aromatic heterocycles. The highest BCUT2D eigenvalue weighted by atomic mass is 35.5. The molecule has 0 aliphatic heterocycles. The first-order valence-electron chi connectivity index (χ1n) is 6.72. The van der Waals surface area contributed by atoms with Crippen molar-refractivity contribution in [1.29, 1.82) is 0 Å². The molecule has 0 heterocycles. The summed E-state index contributed by atoms with van der Waals surface area (Å²) in [5.74, 6) is -2.24. The zero-order valence-corrected chi connectivity index (χ0v) is 12.6. The van der Waals surface area contributed by atoms with E-state index in [1.54, 1.807) is 30.3 Å². The van der Waals surface area contributed by atoms with Gasteiger partial charge in [-0.3, -0.25) is 0 Å². The van der Waals surface area contributed by atoms with Crippen LogP contribution < -0.4 is 4.74 Å². The van der Waals surface area contributed by atoms with Crippen molar-refractivity contribution in [2.45, 2.75) is 6.18 Å². The smallest absolute Gasteiger partial charge is 0.416 e. The van der Waals surface area contributed by atoms with Gasteiger partial charge in [-0.1, -0.05) is 41.9 Å². The van der Waals surface area contributed by atoms with E-state index in [0.29, 0.717) is 22.9 Å². The Morgan fingerprint density at radius 1 is 0.958 bits per heavy atom. The number of rotatable bonds is 2. The molecule has 3 aromatic carbocycles. The van der Waals surface area contributed by atoms with Gasteiger partial charge in [0, 0.05) is 5.39 Å². The van der Waals surface area contributed by atoms with Gasteiger partial charge in [0.1, 0.15) is 0 Å². The first kappa shape index (κ1) is 16.4. The third kappa shape index (κ3) is 2.97. The van der Waals surface area contributed by atoms with Crippen LogP contribution in [-0.2, 0) is 6.18 Å². The Hall–Kier alpha value is -2.47. The average Bonchev–Trinajstić information content (AvgIpc) is 2.51. The minimum absolute atomic E-state index is 0.0892. The number of benzene rings is 3. The predicted molar refractivity (Wildman–Crippen MR) is 82.1 cm³/mol. The number of aromatic hydroxyl groups is 1. The summed E-state index contributed by atoms with van der Waals surface area (Å²) in [6.45, 7) is 0. The molecule has 7 heteroatoms. The van der Waals surface area contributed by atoms with Crippen LogP contribution in [0.3, 0.4) is 0 Å². The summed E-state index contributed by atoms with van der Waals surface area (Å²) < 4.78 is 57.4. The maximum absolute atomic E-state index is 14.1. The molecular weight excluding hydrogens is 348 g/mol. The normalized spacial score (nSPS) is 11.7. The summed E-state index contributed by atoms with van der Waals surface area (Å²) in [5, 5.41) is 10.6. The number of phenolic OH excluding ortho intramolecular Hbond substituents is 1. The summed E-state index contributed by atoms with van der Waals surface area (Å²) in [5.41, 5.74) is -1.22. The molecule has 0 amide bonds. The fourth-order valence-corrected chi connectivity index (χ4v) is 2.51. The van der Waals surface area contributed by atoms with Gasteiger partial charge in [-0.2, -0.15) is 13.2 Å². The van der Waals surface area contributed by atoms with Crippen LogP contribution in [0.15, 0.2) is 48.5 Å². The van der Waals surface area contributed by atoms with Crippen molar-refractivity contribution in [3.05, 3.63) is 64.9 Å². The maximum Gasteiger partial charge on any atom is 0.416 e. The number of hydrogen-bond donors (Lipinski definition) is 1. The van der Waals surface area contributed by atoms with Gasteiger partial charge < -0.3 is 9.84 Å². The number of halogens is 5. The largest absolute Gasteiger partial charge is 0.504 e. The number of hydrogen-bond acceptors (Lipinski definition) is 2. The maximum atomic E-state index is 14.1. The Bertz CT molecular complexity index is 899. The van der Waals surface area contributed by atoms with Crippen LogP contribution in [0.25, 0.3) is 10.8 Å². The van der Waals surface area contributed by atoms with Crippen molar-refractivity contribution in [3.8, 4) is 17.2 Å². The summed E-state index contributed by atoms with van der Waals surface area (Å²) in [7, 11) is 0. The van der Waals surface area contributed by atoms with E-state index in [4.69, 9.17) is 16.3 Å². The molecule has 0 spiro atoms. The lowest BCUT2D eigenvalue weighted by molar-refractivity contribution is -0.137. The molecule has 0 bridgehead atoms. The van der Waals surface area contributed by atoms with Crippen molar-refractivity contribution >= 4 is 22.4 Å². The second kappa shape index (κ2) is 5.87. The molecular formula is C17H9ClF4O2. The van der Waals surface area contributed by atoms with Crippen molar-refractivity contribution in [2.24, 2.45) is 0 Å². The summed E-state index contributed by atoms with van der Waals surface area (Å²) >= 11 is 5.75. The fraction of sp³-hybridized carbons (Fsp3) is 0.0588. The molecule has 0 saturated carbocycles. The van der Waals surface area contributed by atoms with Crippen LogP contribution in [0.4, 0.5) is 17.6 Å². The summed E-state index contributed by atoms with van der Waals surface area (Å²) in [4.78, 5) is 0. The van der Waals surface area contributed by atoms with Gasteiger partial charge in [0.25, 0.3) is 0 Å². The molecule has 0 aliphatic rings. The minimum atomic E-state index is -4.73. The topological polar surface area (TPSA) is 29.5 Å². The van der Waals surface area contributed by atoms with E-state index >= 15 is 0 Å². The SMILES string of the molecule is Oc1ccc2ccccc2c1Oc1c(F)cc(C(F)(F)F)cc1Cl. The lowest BCUT2D eigenvalue weighted by Gasteiger charge is -2.14. The van der Waals surface area contributed by atoms with E-state index in [0.717, 1.165) is 0 Å². The van der Waals surface area contributed by atoms with Crippen LogP contribution in [0.1, 0.15) is 5.56 Å². The van der Waals surface area contributed by atoms with E-state index in [2.05, 4.69) is 0 Å². The predicted octanol–water partition coefficient (Wildman–Crippen LogP) is 6.15. The van der Waals surface area contributed by atoms with Crippen LogP contribution in [0, 0.1) is 5.82 Å². The highest BCUT2D eigenvalue weighted by Crippen LogP contribution is 2.43. The van der Waals surface area contributed by atoms with Crippen LogP contribution in [0.2, 0.25) is 5.02 Å². The van der Waals surface area contributed by atoms with E-state index in [1.807, 2.05) is 0 Å². The average molecular weight is 357 g/mol. The van der Waals surface area contributed by atoms with Crippen molar-refractivity contribution < 1.29 is 27.4 Å². The van der Waals surface area contributed by atoms with Gasteiger partial charge in [-0.05, 0) is 23.6 Å². The minimum Gasteiger partial charge on any atom is -0.504 e. The van der Waals surface area contributed by atoms with Gasteiger partial charge in [0.05, 0.1) is 10.6 Å². The van der Waals surface area contributed by atoms with Crippen molar-refractivity contribution in [2.75, 3.05) is 0 Å². The lowest BCUT2D eigenvalue weighted by atomic mass is 10.1. The summed E-state index contributed by atoms with van der Waals surface area (Å²) in [6.07, 6.45) is -4.73. The second-order valence-corrected chi connectivity index (χ2v) is 5.41. The van der Waals surface area contributed by atoms with Gasteiger partial charge in [0.2, 0.25) is 0 Å². The van der Waals surface area contributed by atoms with Gasteiger partial charge in [0.15, 0.2) is 23.1 Å². The molecule has 3 aromatic rings. The monoisotopic (exact) mass is 356 g/mol. The highest BCUT2D eigenvalue weighted by Gasteiger charge is 2.33. The molecule has 24 heavy (non-hydrogen) atoms. The molecule has 1 N–H and O–H groups in total. The molecule has 0 saturated heterocycles. The van der Waals surface area contributed by atoms with Gasteiger partial charge >= 0.3 is 6.18 Å². The van der Waals surface area contributed by atoms with Gasteiger partial charge in [-0.15, -0.1) is 0 Å². The van der Waals surface area contributed by atoms with E-state index in [-0.39, 0.29) is 11.5 Å². The van der Waals surface area contributed by atoms with Crippen molar-refractivity contribution in [1.82, 2.24) is 0 Å². The van der Waals surface area contributed by atoms with Crippen LogP contribution in [-0.4, -0.2) is 5.11 Å². The molecule has 0 fully saturated rings. The molecule has 124 valence electrons. The fourth-order valence-electron chi connectivity index (χ4n) is 2.26. The van der Waals surface area contributed by atoms with E-state index < -0.39 is 28.3 Å². The van der Waals surface area contributed by atoms with Gasteiger partial charge in [-0.25, -0.2) is 4.39 Å². The molecule has 2 nitrogen and oxygen atoms in total. The lowest BCUT2D eigenvalue weighted by Crippen LogP contribution is -2.06. The van der Waals surface area contributed by atoms with Crippen LogP contribution in [0.5, 0.6) is 17.2 Å².